The number of aromatic nitrogens is 2. The van der Waals surface area contributed by atoms with E-state index in [0.717, 1.165) is 34.6 Å². The Balaban J connectivity index is 0.000000177. The Kier molecular flexibility index (Phi) is 12.8. The lowest BCUT2D eigenvalue weighted by atomic mass is 9.78. The van der Waals surface area contributed by atoms with Crippen LogP contribution in [0.4, 0.5) is 0 Å². The molecule has 2 aliphatic carbocycles. The van der Waals surface area contributed by atoms with Gasteiger partial charge in [0.2, 0.25) is 0 Å². The number of H-pyrrole nitrogens is 2. The van der Waals surface area contributed by atoms with Crippen LogP contribution in [0.25, 0.3) is 21.8 Å². The van der Waals surface area contributed by atoms with Gasteiger partial charge in [0.25, 0.3) is 11.8 Å². The van der Waals surface area contributed by atoms with Crippen LogP contribution in [0, 0.1) is 0 Å². The summed E-state index contributed by atoms with van der Waals surface area (Å²) in [7, 11) is 0. The van der Waals surface area contributed by atoms with Gasteiger partial charge in [-0.25, -0.2) is 0 Å². The predicted molar refractivity (Wildman–Crippen MR) is 227 cm³/mol. The average Bonchev–Trinajstić information content (AvgIpc) is 3.83. The molecule has 2 heterocycles. The summed E-state index contributed by atoms with van der Waals surface area (Å²) in [5.41, 5.74) is 7.43. The third-order valence-electron chi connectivity index (χ3n) is 10.8. The highest BCUT2D eigenvalue weighted by molar-refractivity contribution is 6.31. The Morgan fingerprint density at radius 1 is 0.603 bits per heavy atom. The van der Waals surface area contributed by atoms with Crippen molar-refractivity contribution in [3.8, 4) is 0 Å². The number of esters is 2. The first-order valence-electron chi connectivity index (χ1n) is 19.7. The minimum absolute atomic E-state index is 0.0332. The van der Waals surface area contributed by atoms with Crippen molar-refractivity contribution >= 4 is 68.8 Å². The third kappa shape index (κ3) is 9.74. The van der Waals surface area contributed by atoms with Gasteiger partial charge in [-0.05, 0) is 122 Å². The molecule has 0 saturated heterocycles. The van der Waals surface area contributed by atoms with Gasteiger partial charge in [0.1, 0.15) is 11.4 Å². The fourth-order valence-electron chi connectivity index (χ4n) is 8.30. The van der Waals surface area contributed by atoms with E-state index in [1.54, 1.807) is 12.1 Å². The molecule has 2 aromatic heterocycles. The molecule has 0 unspecified atom stereocenters. The number of halogens is 2. The number of ether oxygens (including phenoxy) is 2. The molecule has 0 saturated carbocycles. The van der Waals surface area contributed by atoms with Crippen molar-refractivity contribution in [2.24, 2.45) is 0 Å². The van der Waals surface area contributed by atoms with E-state index >= 15 is 0 Å². The number of aromatic amines is 2. The monoisotopic (exact) mass is 820 g/mol. The fraction of sp³-hybridized carbons (Fsp3) is 0.304. The zero-order chi connectivity index (χ0) is 40.8. The summed E-state index contributed by atoms with van der Waals surface area (Å²) in [5.74, 6) is -0.650. The fourth-order valence-corrected chi connectivity index (χ4v) is 8.66. The number of benzene rings is 4. The molecule has 2 amide bonds. The van der Waals surface area contributed by atoms with E-state index in [1.807, 2.05) is 74.5 Å². The summed E-state index contributed by atoms with van der Waals surface area (Å²) in [6.07, 6.45) is 3.53. The lowest BCUT2D eigenvalue weighted by molar-refractivity contribution is -0.144. The normalized spacial score (nSPS) is 18.3. The van der Waals surface area contributed by atoms with E-state index in [-0.39, 0.29) is 47.7 Å². The van der Waals surface area contributed by atoms with Gasteiger partial charge in [-0.2, -0.15) is 0 Å². The van der Waals surface area contributed by atoms with Crippen LogP contribution in [0.1, 0.15) is 94.6 Å². The second-order valence-corrected chi connectivity index (χ2v) is 15.7. The molecule has 0 bridgehead atoms. The van der Waals surface area contributed by atoms with E-state index in [0.29, 0.717) is 60.3 Å². The van der Waals surface area contributed by atoms with Gasteiger partial charge in [0.05, 0.1) is 26.1 Å². The number of fused-ring (bicyclic) bond motifs is 4. The van der Waals surface area contributed by atoms with Gasteiger partial charge in [0.15, 0.2) is 0 Å². The van der Waals surface area contributed by atoms with Gasteiger partial charge >= 0.3 is 11.9 Å². The molecular formula is C46H46Cl2N4O6. The highest BCUT2D eigenvalue weighted by Gasteiger charge is 2.31. The number of amides is 2. The van der Waals surface area contributed by atoms with Crippen molar-refractivity contribution in [3.05, 3.63) is 141 Å². The van der Waals surface area contributed by atoms with Crippen LogP contribution in [-0.4, -0.2) is 59.0 Å². The first-order valence-corrected chi connectivity index (χ1v) is 20.5. The van der Waals surface area contributed by atoms with Crippen molar-refractivity contribution in [3.63, 3.8) is 0 Å². The molecule has 0 radical (unpaired) electrons. The number of hydrogen-bond acceptors (Lipinski definition) is 6. The highest BCUT2D eigenvalue weighted by Crippen LogP contribution is 2.36. The summed E-state index contributed by atoms with van der Waals surface area (Å²) < 4.78 is 10.3. The number of carbonyl (C=O) groups excluding carboxylic acids is 4. The van der Waals surface area contributed by atoms with Gasteiger partial charge in [-0.1, -0.05) is 71.7 Å². The van der Waals surface area contributed by atoms with Crippen LogP contribution in [-0.2, 0) is 31.9 Å². The molecule has 12 heteroatoms. The van der Waals surface area contributed by atoms with E-state index < -0.39 is 0 Å². The van der Waals surface area contributed by atoms with Crippen molar-refractivity contribution in [2.75, 3.05) is 13.2 Å². The van der Waals surface area contributed by atoms with Gasteiger partial charge in [-0.3, -0.25) is 19.2 Å². The molecule has 10 nitrogen and oxygen atoms in total. The molecule has 4 aromatic carbocycles. The van der Waals surface area contributed by atoms with Crippen LogP contribution >= 0.6 is 23.2 Å². The van der Waals surface area contributed by atoms with Crippen LogP contribution in [0.2, 0.25) is 10.0 Å². The third-order valence-corrected chi connectivity index (χ3v) is 11.3. The van der Waals surface area contributed by atoms with Gasteiger partial charge < -0.3 is 30.1 Å². The average molecular weight is 822 g/mol. The molecular weight excluding hydrogens is 775 g/mol. The van der Waals surface area contributed by atoms with E-state index in [2.05, 4.69) is 44.9 Å². The lowest BCUT2D eigenvalue weighted by Crippen LogP contribution is -2.40. The van der Waals surface area contributed by atoms with Crippen molar-refractivity contribution in [2.45, 2.75) is 76.3 Å². The quantitative estimate of drug-likeness (QED) is 0.102. The maximum absolute atomic E-state index is 12.8. The van der Waals surface area contributed by atoms with Crippen LogP contribution < -0.4 is 10.6 Å². The Bertz CT molecular complexity index is 2290. The second-order valence-electron chi connectivity index (χ2n) is 14.9. The molecule has 300 valence electrons. The number of nitrogens with one attached hydrogen (secondary N) is 4. The summed E-state index contributed by atoms with van der Waals surface area (Å²) in [5, 5.41) is 9.33. The summed E-state index contributed by atoms with van der Waals surface area (Å²) in [6, 6.07) is 30.7. The molecule has 0 fully saturated rings. The zero-order valence-corrected chi connectivity index (χ0v) is 33.9. The largest absolute Gasteiger partial charge is 0.466 e. The van der Waals surface area contributed by atoms with Gasteiger partial charge in [0, 0.05) is 43.9 Å². The maximum Gasteiger partial charge on any atom is 0.306 e. The van der Waals surface area contributed by atoms with Crippen LogP contribution in [0.15, 0.2) is 97.1 Å². The van der Waals surface area contributed by atoms with Crippen molar-refractivity contribution in [1.82, 2.24) is 20.6 Å². The molecule has 2 aliphatic rings. The smallest absolute Gasteiger partial charge is 0.306 e. The Hall–Kier alpha value is -5.58. The molecule has 0 spiro atoms. The Morgan fingerprint density at radius 2 is 1.02 bits per heavy atom. The molecule has 4 atom stereocenters. The molecule has 4 N–H and O–H groups in total. The van der Waals surface area contributed by atoms with Crippen LogP contribution in [0.3, 0.4) is 0 Å². The number of rotatable bonds is 10. The maximum atomic E-state index is 12.8. The zero-order valence-electron chi connectivity index (χ0n) is 32.4. The summed E-state index contributed by atoms with van der Waals surface area (Å²) in [4.78, 5) is 56.1. The van der Waals surface area contributed by atoms with Crippen molar-refractivity contribution < 1.29 is 28.7 Å². The Labute approximate surface area is 347 Å². The van der Waals surface area contributed by atoms with E-state index in [9.17, 15) is 19.2 Å². The topological polar surface area (TPSA) is 142 Å². The van der Waals surface area contributed by atoms with Crippen LogP contribution in [0.5, 0.6) is 0 Å². The van der Waals surface area contributed by atoms with E-state index in [4.69, 9.17) is 32.7 Å². The first kappa shape index (κ1) is 40.6. The molecule has 6 aromatic rings. The molecule has 8 rings (SSSR count). The van der Waals surface area contributed by atoms with Gasteiger partial charge in [-0.15, -0.1) is 0 Å². The molecule has 0 aliphatic heterocycles. The minimum Gasteiger partial charge on any atom is -0.466 e. The number of carbonyl (C=O) groups is 4. The second kappa shape index (κ2) is 18.3. The molecule has 58 heavy (non-hydrogen) atoms. The SMILES string of the molecule is CCOC(=O)C[C@@H]1C[C@@H](NC(=O)c2cc3cc(Cl)ccc3[nH]2)Cc2ccccc21.CCOC(=O)C[C@H]1C[C@@H](NC(=O)c2cc3cc(Cl)ccc3[nH]2)Cc2ccccc21. The standard InChI is InChI=1S/2C23H23ClN2O3/c2*1-2-29-22(27)13-15-11-18(10-14-5-3-4-6-19(14)15)25-23(28)21-12-16-9-17(24)7-8-20(16)26-21/h2*3-9,12,15,18,26H,2,10-11,13H2,1H3,(H,25,28)/t15-,18+;15-,18-/m10/s1. The van der Waals surface area contributed by atoms with Crippen molar-refractivity contribution in [1.29, 1.82) is 0 Å². The minimum atomic E-state index is -0.202. The predicted octanol–water partition coefficient (Wildman–Crippen LogP) is 9.21. The van der Waals surface area contributed by atoms with E-state index in [1.165, 1.54) is 22.3 Å². The summed E-state index contributed by atoms with van der Waals surface area (Å²) in [6.45, 7) is 4.36. The number of hydrogen-bond donors (Lipinski definition) is 4. The Morgan fingerprint density at radius 3 is 1.43 bits per heavy atom. The summed E-state index contributed by atoms with van der Waals surface area (Å²) >= 11 is 12.1. The lowest BCUT2D eigenvalue weighted by Gasteiger charge is -2.31. The highest BCUT2D eigenvalue weighted by atomic mass is 35.5. The first-order chi connectivity index (χ1) is 28.1.